The highest BCUT2D eigenvalue weighted by molar-refractivity contribution is 5.53. The molecular formula is C21H22O. The first-order valence-corrected chi connectivity index (χ1v) is 7.88. The van der Waals surface area contributed by atoms with Gasteiger partial charge in [0.2, 0.25) is 0 Å². The third kappa shape index (κ3) is 2.42. The zero-order chi connectivity index (χ0) is 15.4. The van der Waals surface area contributed by atoms with Crippen LogP contribution in [0.1, 0.15) is 28.7 Å². The van der Waals surface area contributed by atoms with E-state index in [1.807, 2.05) is 12.2 Å². The van der Waals surface area contributed by atoms with E-state index in [0.29, 0.717) is 0 Å². The van der Waals surface area contributed by atoms with Crippen LogP contribution in [0, 0.1) is 0 Å². The van der Waals surface area contributed by atoms with Crippen LogP contribution in [-0.2, 0) is 18.3 Å². The SMILES string of the molecule is C=CCC1(C=CCO)c2ccccc2CCc2ccccc21. The summed E-state index contributed by atoms with van der Waals surface area (Å²) in [5, 5.41) is 9.33. The van der Waals surface area contributed by atoms with Crippen LogP contribution >= 0.6 is 0 Å². The summed E-state index contributed by atoms with van der Waals surface area (Å²) in [7, 11) is 0. The number of hydrogen-bond acceptors (Lipinski definition) is 1. The van der Waals surface area contributed by atoms with Crippen molar-refractivity contribution in [1.29, 1.82) is 0 Å². The number of aliphatic hydroxyl groups excluding tert-OH is 1. The summed E-state index contributed by atoms with van der Waals surface area (Å²) < 4.78 is 0. The normalized spacial score (nSPS) is 15.9. The predicted molar refractivity (Wildman–Crippen MR) is 92.1 cm³/mol. The smallest absolute Gasteiger partial charge is 0.0612 e. The molecule has 0 radical (unpaired) electrons. The standard InChI is InChI=1S/C21H22O/c1-2-14-21(15-7-16-22)19-10-5-3-8-17(19)12-13-18-9-4-6-11-20(18)21/h2-11,15,22H,1,12-14,16H2. The highest BCUT2D eigenvalue weighted by Gasteiger charge is 2.35. The average Bonchev–Trinajstić information content (AvgIpc) is 2.70. The van der Waals surface area contributed by atoms with Gasteiger partial charge in [0.15, 0.2) is 0 Å². The van der Waals surface area contributed by atoms with Crippen molar-refractivity contribution >= 4 is 0 Å². The van der Waals surface area contributed by atoms with Crippen molar-refractivity contribution in [2.75, 3.05) is 6.61 Å². The lowest BCUT2D eigenvalue weighted by atomic mass is 9.70. The molecule has 1 heteroatoms. The molecule has 1 aliphatic rings. The number of aryl methyl sites for hydroxylation is 2. The number of aliphatic hydroxyl groups is 1. The highest BCUT2D eigenvalue weighted by atomic mass is 16.2. The summed E-state index contributed by atoms with van der Waals surface area (Å²) in [5.74, 6) is 0. The van der Waals surface area contributed by atoms with Gasteiger partial charge < -0.3 is 5.11 Å². The average molecular weight is 290 g/mol. The monoisotopic (exact) mass is 290 g/mol. The summed E-state index contributed by atoms with van der Waals surface area (Å²) in [4.78, 5) is 0. The molecular weight excluding hydrogens is 268 g/mol. The van der Waals surface area contributed by atoms with Gasteiger partial charge >= 0.3 is 0 Å². The highest BCUT2D eigenvalue weighted by Crippen LogP contribution is 2.43. The zero-order valence-electron chi connectivity index (χ0n) is 12.8. The minimum absolute atomic E-state index is 0.0588. The summed E-state index contributed by atoms with van der Waals surface area (Å²) in [6.45, 7) is 4.05. The fraction of sp³-hybridized carbons (Fsp3) is 0.238. The molecule has 3 rings (SSSR count). The number of rotatable bonds is 4. The summed E-state index contributed by atoms with van der Waals surface area (Å²) in [5.41, 5.74) is 5.23. The van der Waals surface area contributed by atoms with Crippen LogP contribution in [0.25, 0.3) is 0 Å². The fourth-order valence-corrected chi connectivity index (χ4v) is 3.71. The van der Waals surface area contributed by atoms with Crippen molar-refractivity contribution in [3.05, 3.63) is 95.6 Å². The van der Waals surface area contributed by atoms with E-state index >= 15 is 0 Å². The maximum absolute atomic E-state index is 9.33. The molecule has 0 amide bonds. The Balaban J connectivity index is 2.32. The van der Waals surface area contributed by atoms with Gasteiger partial charge in [0.1, 0.15) is 0 Å². The van der Waals surface area contributed by atoms with Gasteiger partial charge in [-0.3, -0.25) is 0 Å². The van der Waals surface area contributed by atoms with E-state index in [4.69, 9.17) is 0 Å². The van der Waals surface area contributed by atoms with Crippen LogP contribution < -0.4 is 0 Å². The van der Waals surface area contributed by atoms with E-state index in [1.165, 1.54) is 22.3 Å². The maximum atomic E-state index is 9.33. The lowest BCUT2D eigenvalue weighted by Crippen LogP contribution is -2.26. The Morgan fingerprint density at radius 3 is 2.00 bits per heavy atom. The van der Waals surface area contributed by atoms with Crippen LogP contribution in [0.4, 0.5) is 0 Å². The fourth-order valence-electron chi connectivity index (χ4n) is 3.71. The number of fused-ring (bicyclic) bond motifs is 2. The predicted octanol–water partition coefficient (Wildman–Crippen LogP) is 4.20. The van der Waals surface area contributed by atoms with Crippen LogP contribution in [0.3, 0.4) is 0 Å². The Hall–Kier alpha value is -2.12. The quantitative estimate of drug-likeness (QED) is 0.837. The van der Waals surface area contributed by atoms with Gasteiger partial charge in [-0.2, -0.15) is 0 Å². The lowest BCUT2D eigenvalue weighted by molar-refractivity contribution is 0.341. The third-order valence-electron chi connectivity index (χ3n) is 4.63. The van der Waals surface area contributed by atoms with Crippen molar-refractivity contribution in [2.24, 2.45) is 0 Å². The van der Waals surface area contributed by atoms with Crippen molar-refractivity contribution in [2.45, 2.75) is 24.7 Å². The first-order valence-electron chi connectivity index (χ1n) is 7.88. The molecule has 0 saturated heterocycles. The molecule has 0 bridgehead atoms. The van der Waals surface area contributed by atoms with E-state index in [-0.39, 0.29) is 12.0 Å². The Kier molecular flexibility index (Phi) is 4.26. The molecule has 0 aliphatic heterocycles. The van der Waals surface area contributed by atoms with Crippen LogP contribution in [0.5, 0.6) is 0 Å². The number of benzene rings is 2. The second-order valence-corrected chi connectivity index (χ2v) is 5.86. The molecule has 0 fully saturated rings. The van der Waals surface area contributed by atoms with Crippen molar-refractivity contribution in [3.8, 4) is 0 Å². The molecule has 0 aromatic heterocycles. The Labute approximate surface area is 132 Å². The minimum Gasteiger partial charge on any atom is -0.392 e. The topological polar surface area (TPSA) is 20.2 Å². The van der Waals surface area contributed by atoms with E-state index in [2.05, 4.69) is 61.2 Å². The molecule has 0 unspecified atom stereocenters. The molecule has 0 heterocycles. The number of allylic oxidation sites excluding steroid dienone is 2. The summed E-state index contributed by atoms with van der Waals surface area (Å²) in [6.07, 6.45) is 8.95. The summed E-state index contributed by atoms with van der Waals surface area (Å²) >= 11 is 0. The summed E-state index contributed by atoms with van der Waals surface area (Å²) in [6, 6.07) is 17.4. The van der Waals surface area contributed by atoms with E-state index in [9.17, 15) is 5.11 Å². The van der Waals surface area contributed by atoms with Gasteiger partial charge in [-0.15, -0.1) is 6.58 Å². The molecule has 2 aromatic carbocycles. The van der Waals surface area contributed by atoms with Crippen molar-refractivity contribution in [1.82, 2.24) is 0 Å². The first-order chi connectivity index (χ1) is 10.8. The van der Waals surface area contributed by atoms with Gasteiger partial charge in [0.05, 0.1) is 6.61 Å². The Morgan fingerprint density at radius 1 is 0.955 bits per heavy atom. The van der Waals surface area contributed by atoms with E-state index in [0.717, 1.165) is 19.3 Å². The lowest BCUT2D eigenvalue weighted by Gasteiger charge is -2.33. The molecule has 1 nitrogen and oxygen atoms in total. The molecule has 1 aliphatic carbocycles. The van der Waals surface area contributed by atoms with Gasteiger partial charge in [-0.1, -0.05) is 66.8 Å². The van der Waals surface area contributed by atoms with Gasteiger partial charge in [0.25, 0.3) is 0 Å². The molecule has 112 valence electrons. The second kappa shape index (κ2) is 6.33. The molecule has 0 atom stereocenters. The van der Waals surface area contributed by atoms with Gasteiger partial charge in [-0.25, -0.2) is 0 Å². The van der Waals surface area contributed by atoms with Gasteiger partial charge in [-0.05, 0) is 41.5 Å². The Morgan fingerprint density at radius 2 is 1.50 bits per heavy atom. The van der Waals surface area contributed by atoms with Crippen molar-refractivity contribution < 1.29 is 5.11 Å². The molecule has 0 saturated carbocycles. The molecule has 22 heavy (non-hydrogen) atoms. The van der Waals surface area contributed by atoms with E-state index < -0.39 is 0 Å². The molecule has 2 aromatic rings. The minimum atomic E-state index is -0.228. The molecule has 1 N–H and O–H groups in total. The number of hydrogen-bond donors (Lipinski definition) is 1. The van der Waals surface area contributed by atoms with Crippen LogP contribution in [-0.4, -0.2) is 11.7 Å². The van der Waals surface area contributed by atoms with Crippen LogP contribution in [0.15, 0.2) is 73.3 Å². The molecule has 0 spiro atoms. The Bertz CT molecular complexity index is 649. The van der Waals surface area contributed by atoms with E-state index in [1.54, 1.807) is 0 Å². The zero-order valence-corrected chi connectivity index (χ0v) is 12.8. The first kappa shape index (κ1) is 14.8. The second-order valence-electron chi connectivity index (χ2n) is 5.86. The van der Waals surface area contributed by atoms with Gasteiger partial charge in [0, 0.05) is 5.41 Å². The van der Waals surface area contributed by atoms with Crippen LogP contribution in [0.2, 0.25) is 0 Å². The third-order valence-corrected chi connectivity index (χ3v) is 4.63. The largest absolute Gasteiger partial charge is 0.392 e. The maximum Gasteiger partial charge on any atom is 0.0612 e. The van der Waals surface area contributed by atoms with Crippen molar-refractivity contribution in [3.63, 3.8) is 0 Å².